The summed E-state index contributed by atoms with van der Waals surface area (Å²) in [4.78, 5) is 0.0891. The molecule has 1 aromatic carbocycles. The molecule has 0 fully saturated rings. The van der Waals surface area contributed by atoms with E-state index in [-0.39, 0.29) is 17.4 Å². The first kappa shape index (κ1) is 15.3. The Kier molecular flexibility index (Phi) is 4.75. The van der Waals surface area contributed by atoms with Crippen LogP contribution >= 0.6 is 0 Å². The van der Waals surface area contributed by atoms with Gasteiger partial charge in [-0.15, -0.1) is 0 Å². The van der Waals surface area contributed by atoms with Crippen LogP contribution in [0, 0.1) is 17.2 Å². The highest BCUT2D eigenvalue weighted by atomic mass is 32.2. The number of rotatable bonds is 5. The van der Waals surface area contributed by atoms with Gasteiger partial charge in [-0.3, -0.25) is 0 Å². The van der Waals surface area contributed by atoms with Gasteiger partial charge in [0.2, 0.25) is 10.0 Å². The number of anilines is 1. The lowest BCUT2D eigenvalue weighted by Gasteiger charge is -2.18. The number of hydrogen-bond donors (Lipinski definition) is 1. The molecule has 2 N–H and O–H groups in total. The molecule has 0 amide bonds. The second kappa shape index (κ2) is 5.91. The topological polar surface area (TPSA) is 96.4 Å². The first-order valence-corrected chi connectivity index (χ1v) is 7.06. The van der Waals surface area contributed by atoms with Gasteiger partial charge in [-0.05, 0) is 19.1 Å². The maximum Gasteiger partial charge on any atom is 0.242 e. The Bertz CT molecular complexity index is 593. The number of methoxy groups -OCH3 is 1. The first-order valence-electron chi connectivity index (χ1n) is 5.62. The summed E-state index contributed by atoms with van der Waals surface area (Å²) in [5, 5.41) is 8.73. The first-order chi connectivity index (χ1) is 8.82. The fourth-order valence-electron chi connectivity index (χ4n) is 1.56. The molecule has 0 saturated heterocycles. The molecule has 19 heavy (non-hydrogen) atoms. The summed E-state index contributed by atoms with van der Waals surface area (Å²) in [7, 11) is -0.790. The van der Waals surface area contributed by atoms with Crippen molar-refractivity contribution in [2.75, 3.05) is 26.4 Å². The molecule has 1 unspecified atom stereocenters. The maximum absolute atomic E-state index is 12.3. The quantitative estimate of drug-likeness (QED) is 0.815. The molecule has 1 atom stereocenters. The summed E-state index contributed by atoms with van der Waals surface area (Å²) < 4.78 is 30.7. The standard InChI is InChI=1S/C12H17N3O3S/c1-9(7-13)8-15(2)19(16,17)10-4-5-11(14)12(6-10)18-3/h4-6,9H,8,14H2,1-3H3. The van der Waals surface area contributed by atoms with E-state index in [0.717, 1.165) is 4.31 Å². The lowest BCUT2D eigenvalue weighted by atomic mass is 10.2. The summed E-state index contributed by atoms with van der Waals surface area (Å²) in [6.07, 6.45) is 0. The van der Waals surface area contributed by atoms with Gasteiger partial charge in [0.1, 0.15) is 5.75 Å². The number of nitriles is 1. The highest BCUT2D eigenvalue weighted by molar-refractivity contribution is 7.89. The third-order valence-electron chi connectivity index (χ3n) is 2.66. The molecule has 104 valence electrons. The van der Waals surface area contributed by atoms with E-state index in [2.05, 4.69) is 0 Å². The molecule has 0 radical (unpaired) electrons. The summed E-state index contributed by atoms with van der Waals surface area (Å²) in [6, 6.07) is 6.27. The van der Waals surface area contributed by atoms with Gasteiger partial charge in [0.05, 0.1) is 29.7 Å². The molecule has 0 heterocycles. The largest absolute Gasteiger partial charge is 0.495 e. The van der Waals surface area contributed by atoms with E-state index in [4.69, 9.17) is 15.7 Å². The normalized spacial score (nSPS) is 13.0. The number of nitrogens with two attached hydrogens (primary N) is 1. The average Bonchev–Trinajstić information content (AvgIpc) is 2.38. The third-order valence-corrected chi connectivity index (χ3v) is 4.48. The second-order valence-electron chi connectivity index (χ2n) is 4.22. The monoisotopic (exact) mass is 283 g/mol. The average molecular weight is 283 g/mol. The van der Waals surface area contributed by atoms with Gasteiger partial charge in [0.25, 0.3) is 0 Å². The van der Waals surface area contributed by atoms with Gasteiger partial charge < -0.3 is 10.5 Å². The van der Waals surface area contributed by atoms with Crippen LogP contribution in [0.25, 0.3) is 0 Å². The molecule has 6 nitrogen and oxygen atoms in total. The fourth-order valence-corrected chi connectivity index (χ4v) is 2.83. The molecule has 1 aromatic rings. The van der Waals surface area contributed by atoms with Crippen molar-refractivity contribution in [2.24, 2.45) is 5.92 Å². The zero-order chi connectivity index (χ0) is 14.6. The zero-order valence-corrected chi connectivity index (χ0v) is 11.9. The molecule has 0 aromatic heterocycles. The molecule has 0 spiro atoms. The van der Waals surface area contributed by atoms with Gasteiger partial charge in [0, 0.05) is 19.7 Å². The Morgan fingerprint density at radius 1 is 1.53 bits per heavy atom. The van der Waals surface area contributed by atoms with Crippen molar-refractivity contribution in [3.8, 4) is 11.8 Å². The van der Waals surface area contributed by atoms with Gasteiger partial charge in [-0.2, -0.15) is 9.57 Å². The van der Waals surface area contributed by atoms with Crippen LogP contribution in [0.1, 0.15) is 6.92 Å². The lowest BCUT2D eigenvalue weighted by Crippen LogP contribution is -2.30. The Labute approximate surface area is 113 Å². The zero-order valence-electron chi connectivity index (χ0n) is 11.1. The molecule has 7 heteroatoms. The number of sulfonamides is 1. The Morgan fingerprint density at radius 2 is 2.16 bits per heavy atom. The Hall–Kier alpha value is -1.78. The van der Waals surface area contributed by atoms with Gasteiger partial charge in [0.15, 0.2) is 0 Å². The van der Waals surface area contributed by atoms with Crippen LogP contribution in [0.4, 0.5) is 5.69 Å². The molecular weight excluding hydrogens is 266 g/mol. The van der Waals surface area contributed by atoms with E-state index in [1.807, 2.05) is 6.07 Å². The van der Waals surface area contributed by atoms with Crippen molar-refractivity contribution in [1.29, 1.82) is 5.26 Å². The van der Waals surface area contributed by atoms with Gasteiger partial charge >= 0.3 is 0 Å². The van der Waals surface area contributed by atoms with E-state index in [0.29, 0.717) is 11.4 Å². The van der Waals surface area contributed by atoms with Crippen LogP contribution in [0.2, 0.25) is 0 Å². The van der Waals surface area contributed by atoms with Crippen molar-refractivity contribution in [2.45, 2.75) is 11.8 Å². The fraction of sp³-hybridized carbons (Fsp3) is 0.417. The van der Waals surface area contributed by atoms with Crippen molar-refractivity contribution < 1.29 is 13.2 Å². The van der Waals surface area contributed by atoms with Gasteiger partial charge in [-0.25, -0.2) is 8.42 Å². The SMILES string of the molecule is COc1cc(S(=O)(=O)N(C)CC(C)C#N)ccc1N. The van der Waals surface area contributed by atoms with E-state index >= 15 is 0 Å². The van der Waals surface area contributed by atoms with Crippen LogP contribution in [-0.2, 0) is 10.0 Å². The molecule has 0 aliphatic rings. The number of hydrogen-bond acceptors (Lipinski definition) is 5. The minimum atomic E-state index is -3.65. The van der Waals surface area contributed by atoms with Crippen molar-refractivity contribution >= 4 is 15.7 Å². The molecule has 0 aliphatic carbocycles. The minimum absolute atomic E-state index is 0.0891. The van der Waals surface area contributed by atoms with E-state index in [1.165, 1.54) is 32.4 Å². The minimum Gasteiger partial charge on any atom is -0.495 e. The van der Waals surface area contributed by atoms with E-state index < -0.39 is 10.0 Å². The third kappa shape index (κ3) is 3.36. The maximum atomic E-state index is 12.3. The van der Waals surface area contributed by atoms with Crippen LogP contribution in [0.3, 0.4) is 0 Å². The Morgan fingerprint density at radius 3 is 2.68 bits per heavy atom. The van der Waals surface area contributed by atoms with Crippen molar-refractivity contribution in [3.63, 3.8) is 0 Å². The molecule has 0 bridgehead atoms. The molecule has 0 saturated carbocycles. The van der Waals surface area contributed by atoms with Crippen molar-refractivity contribution in [3.05, 3.63) is 18.2 Å². The van der Waals surface area contributed by atoms with Crippen LogP contribution in [-0.4, -0.2) is 33.4 Å². The predicted molar refractivity (Wildman–Crippen MR) is 72.0 cm³/mol. The summed E-state index contributed by atoms with van der Waals surface area (Å²) in [5.74, 6) is -0.0711. The highest BCUT2D eigenvalue weighted by Crippen LogP contribution is 2.26. The number of nitrogen functional groups attached to an aromatic ring is 1. The summed E-state index contributed by atoms with van der Waals surface area (Å²) in [6.45, 7) is 1.79. The molecule has 0 aliphatic heterocycles. The van der Waals surface area contributed by atoms with E-state index in [1.54, 1.807) is 6.92 Å². The molecular formula is C12H17N3O3S. The Balaban J connectivity index is 3.10. The second-order valence-corrected chi connectivity index (χ2v) is 6.26. The van der Waals surface area contributed by atoms with Crippen LogP contribution in [0.5, 0.6) is 5.75 Å². The summed E-state index contributed by atoms with van der Waals surface area (Å²) in [5.41, 5.74) is 6.02. The van der Waals surface area contributed by atoms with Crippen LogP contribution in [0.15, 0.2) is 23.1 Å². The van der Waals surface area contributed by atoms with Crippen LogP contribution < -0.4 is 10.5 Å². The van der Waals surface area contributed by atoms with Crippen molar-refractivity contribution in [1.82, 2.24) is 4.31 Å². The summed E-state index contributed by atoms with van der Waals surface area (Å²) >= 11 is 0. The number of nitrogens with zero attached hydrogens (tertiary/aromatic N) is 2. The predicted octanol–water partition coefficient (Wildman–Crippen LogP) is 1.06. The smallest absolute Gasteiger partial charge is 0.242 e. The molecule has 1 rings (SSSR count). The van der Waals surface area contributed by atoms with E-state index in [9.17, 15) is 8.42 Å². The highest BCUT2D eigenvalue weighted by Gasteiger charge is 2.23. The number of ether oxygens (including phenoxy) is 1. The number of benzene rings is 1. The lowest BCUT2D eigenvalue weighted by molar-refractivity contribution is 0.414. The van der Waals surface area contributed by atoms with Gasteiger partial charge in [-0.1, -0.05) is 0 Å².